The first-order valence-corrected chi connectivity index (χ1v) is 8.08. The second-order valence-electron chi connectivity index (χ2n) is 4.60. The fourth-order valence-electron chi connectivity index (χ4n) is 1.70. The van der Waals surface area contributed by atoms with E-state index in [0.29, 0.717) is 13.0 Å². The Kier molecular flexibility index (Phi) is 7.01. The third kappa shape index (κ3) is 5.50. The predicted octanol–water partition coefficient (Wildman–Crippen LogP) is 3.30. The van der Waals surface area contributed by atoms with E-state index in [1.54, 1.807) is 18.4 Å². The van der Waals surface area contributed by atoms with Crippen LogP contribution in [0.3, 0.4) is 0 Å². The zero-order valence-electron chi connectivity index (χ0n) is 11.6. The van der Waals surface area contributed by atoms with Crippen molar-refractivity contribution in [2.75, 3.05) is 7.05 Å². The van der Waals surface area contributed by atoms with Crippen molar-refractivity contribution in [3.8, 4) is 0 Å². The van der Waals surface area contributed by atoms with E-state index in [1.165, 1.54) is 4.90 Å². The quantitative estimate of drug-likeness (QED) is 0.781. The van der Waals surface area contributed by atoms with Crippen LogP contribution in [-0.2, 0) is 11.3 Å². The van der Waals surface area contributed by atoms with Gasteiger partial charge in [-0.3, -0.25) is 0 Å². The summed E-state index contributed by atoms with van der Waals surface area (Å²) in [6.45, 7) is 2.44. The number of aliphatic carboxylic acids is 1. The third-order valence-electron chi connectivity index (χ3n) is 2.83. The second kappa shape index (κ2) is 8.26. The van der Waals surface area contributed by atoms with E-state index in [-0.39, 0.29) is 6.03 Å². The van der Waals surface area contributed by atoms with Crippen LogP contribution in [-0.4, -0.2) is 35.1 Å². The normalized spacial score (nSPS) is 11.9. The number of nitrogens with zero attached hydrogens (tertiary/aromatic N) is 1. The number of carbonyl (C=O) groups is 2. The molecule has 1 aromatic rings. The number of unbranched alkanes of at least 4 members (excludes halogenated alkanes) is 1. The minimum absolute atomic E-state index is 0.365. The van der Waals surface area contributed by atoms with Gasteiger partial charge in [-0.15, -0.1) is 11.3 Å². The van der Waals surface area contributed by atoms with E-state index in [9.17, 15) is 9.59 Å². The van der Waals surface area contributed by atoms with Crippen LogP contribution in [0.2, 0.25) is 0 Å². The molecule has 0 aliphatic carbocycles. The lowest BCUT2D eigenvalue weighted by Gasteiger charge is -2.21. The van der Waals surface area contributed by atoms with E-state index >= 15 is 0 Å². The standard InChI is InChI=1S/C13H19BrN2O3S/c1-3-4-5-10(12(17)18)15-13(19)16(2)7-9-6-11(14)20-8-9/h6,8,10H,3-5,7H2,1-2H3,(H,15,19)(H,17,18)/t10-/m0/s1. The molecule has 0 fully saturated rings. The maximum atomic E-state index is 12.0. The van der Waals surface area contributed by atoms with Gasteiger partial charge in [0, 0.05) is 13.6 Å². The average Bonchev–Trinajstić information content (AvgIpc) is 2.79. The Morgan fingerprint density at radius 3 is 2.75 bits per heavy atom. The van der Waals surface area contributed by atoms with Gasteiger partial charge >= 0.3 is 12.0 Å². The highest BCUT2D eigenvalue weighted by molar-refractivity contribution is 9.11. The molecule has 0 saturated heterocycles. The Labute approximate surface area is 131 Å². The van der Waals surface area contributed by atoms with E-state index in [0.717, 1.165) is 22.2 Å². The van der Waals surface area contributed by atoms with Crippen LogP contribution in [0.1, 0.15) is 31.7 Å². The minimum atomic E-state index is -0.988. The van der Waals surface area contributed by atoms with Gasteiger partial charge in [-0.2, -0.15) is 0 Å². The summed E-state index contributed by atoms with van der Waals surface area (Å²) in [6, 6.07) is 0.759. The highest BCUT2D eigenvalue weighted by Gasteiger charge is 2.21. The number of hydrogen-bond acceptors (Lipinski definition) is 3. The summed E-state index contributed by atoms with van der Waals surface area (Å²) < 4.78 is 1.01. The number of rotatable bonds is 7. The molecular weight excluding hydrogens is 344 g/mol. The van der Waals surface area contributed by atoms with Gasteiger partial charge in [0.15, 0.2) is 0 Å². The third-order valence-corrected chi connectivity index (χ3v) is 4.38. The summed E-state index contributed by atoms with van der Waals surface area (Å²) in [5, 5.41) is 13.6. The summed E-state index contributed by atoms with van der Waals surface area (Å²) in [7, 11) is 1.65. The molecule has 20 heavy (non-hydrogen) atoms. The number of amides is 2. The molecule has 112 valence electrons. The van der Waals surface area contributed by atoms with Crippen molar-refractivity contribution in [2.45, 2.75) is 38.8 Å². The summed E-state index contributed by atoms with van der Waals surface area (Å²) in [5.74, 6) is -0.988. The molecular formula is C13H19BrN2O3S. The maximum absolute atomic E-state index is 12.0. The molecule has 0 saturated carbocycles. The van der Waals surface area contributed by atoms with Crippen molar-refractivity contribution in [1.82, 2.24) is 10.2 Å². The van der Waals surface area contributed by atoms with Crippen LogP contribution in [0.25, 0.3) is 0 Å². The Morgan fingerprint density at radius 2 is 2.25 bits per heavy atom. The van der Waals surface area contributed by atoms with Crippen molar-refractivity contribution in [1.29, 1.82) is 0 Å². The molecule has 2 N–H and O–H groups in total. The van der Waals surface area contributed by atoms with Crippen molar-refractivity contribution < 1.29 is 14.7 Å². The molecule has 0 bridgehead atoms. The molecule has 1 rings (SSSR count). The number of urea groups is 1. The molecule has 5 nitrogen and oxygen atoms in total. The zero-order chi connectivity index (χ0) is 15.1. The van der Waals surface area contributed by atoms with Crippen LogP contribution >= 0.6 is 27.3 Å². The largest absolute Gasteiger partial charge is 0.480 e. The SMILES string of the molecule is CCCC[C@H](NC(=O)N(C)Cc1csc(Br)c1)C(=O)O. The van der Waals surface area contributed by atoms with E-state index in [4.69, 9.17) is 5.11 Å². The fourth-order valence-corrected chi connectivity index (χ4v) is 2.90. The summed E-state index contributed by atoms with van der Waals surface area (Å²) in [5.41, 5.74) is 1.01. The molecule has 2 amide bonds. The van der Waals surface area contributed by atoms with Gasteiger partial charge in [-0.25, -0.2) is 9.59 Å². The fraction of sp³-hybridized carbons (Fsp3) is 0.538. The molecule has 1 atom stereocenters. The number of carboxylic acids is 1. The number of carbonyl (C=O) groups excluding carboxylic acids is 1. The van der Waals surface area contributed by atoms with Crippen molar-refractivity contribution >= 4 is 39.3 Å². The molecule has 0 aromatic carbocycles. The summed E-state index contributed by atoms with van der Waals surface area (Å²) in [4.78, 5) is 24.5. The van der Waals surface area contributed by atoms with Gasteiger partial charge in [0.1, 0.15) is 6.04 Å². The van der Waals surface area contributed by atoms with Crippen LogP contribution in [0, 0.1) is 0 Å². The van der Waals surface area contributed by atoms with Crippen LogP contribution in [0.15, 0.2) is 15.2 Å². The highest BCUT2D eigenvalue weighted by Crippen LogP contribution is 2.21. The molecule has 1 aromatic heterocycles. The molecule has 0 unspecified atom stereocenters. The Bertz CT molecular complexity index is 464. The first kappa shape index (κ1) is 17.0. The number of nitrogens with one attached hydrogen (secondary N) is 1. The van der Waals surface area contributed by atoms with Gasteiger partial charge < -0.3 is 15.3 Å². The second-order valence-corrected chi connectivity index (χ2v) is 6.89. The van der Waals surface area contributed by atoms with Gasteiger partial charge in [0.25, 0.3) is 0 Å². The Morgan fingerprint density at radius 1 is 1.55 bits per heavy atom. The van der Waals surface area contributed by atoms with Crippen LogP contribution < -0.4 is 5.32 Å². The topological polar surface area (TPSA) is 69.6 Å². The lowest BCUT2D eigenvalue weighted by Crippen LogP contribution is -2.46. The van der Waals surface area contributed by atoms with Crippen LogP contribution in [0.4, 0.5) is 4.79 Å². The van der Waals surface area contributed by atoms with E-state index in [2.05, 4.69) is 21.2 Å². The van der Waals surface area contributed by atoms with Crippen molar-refractivity contribution in [2.24, 2.45) is 0 Å². The zero-order valence-corrected chi connectivity index (χ0v) is 14.0. The predicted molar refractivity (Wildman–Crippen MR) is 83.0 cm³/mol. The Hall–Kier alpha value is -1.08. The van der Waals surface area contributed by atoms with Gasteiger partial charge in [0.05, 0.1) is 3.79 Å². The molecule has 0 aliphatic heterocycles. The van der Waals surface area contributed by atoms with Gasteiger partial charge in [-0.1, -0.05) is 19.8 Å². The molecule has 0 radical (unpaired) electrons. The van der Waals surface area contributed by atoms with E-state index in [1.807, 2.05) is 18.4 Å². The average molecular weight is 363 g/mol. The maximum Gasteiger partial charge on any atom is 0.326 e. The molecule has 7 heteroatoms. The van der Waals surface area contributed by atoms with Crippen LogP contribution in [0.5, 0.6) is 0 Å². The highest BCUT2D eigenvalue weighted by atomic mass is 79.9. The number of carboxylic acid groups (broad SMARTS) is 1. The number of thiophene rings is 1. The monoisotopic (exact) mass is 362 g/mol. The lowest BCUT2D eigenvalue weighted by molar-refractivity contribution is -0.139. The minimum Gasteiger partial charge on any atom is -0.480 e. The number of hydrogen-bond donors (Lipinski definition) is 2. The van der Waals surface area contributed by atoms with E-state index < -0.39 is 12.0 Å². The first-order valence-electron chi connectivity index (χ1n) is 6.41. The Balaban J connectivity index is 2.52. The molecule has 0 spiro atoms. The van der Waals surface area contributed by atoms with Crippen molar-refractivity contribution in [3.63, 3.8) is 0 Å². The van der Waals surface area contributed by atoms with Gasteiger partial charge in [0.2, 0.25) is 0 Å². The smallest absolute Gasteiger partial charge is 0.326 e. The van der Waals surface area contributed by atoms with Crippen molar-refractivity contribution in [3.05, 3.63) is 20.8 Å². The van der Waals surface area contributed by atoms with Gasteiger partial charge in [-0.05, 0) is 39.4 Å². The molecule has 1 heterocycles. The lowest BCUT2D eigenvalue weighted by atomic mass is 10.1. The number of halogens is 1. The molecule has 0 aliphatic rings. The summed E-state index contributed by atoms with van der Waals surface area (Å²) in [6.07, 6.45) is 2.13. The first-order chi connectivity index (χ1) is 9.43. The summed E-state index contributed by atoms with van der Waals surface area (Å²) >= 11 is 4.92.